The summed E-state index contributed by atoms with van der Waals surface area (Å²) in [6.07, 6.45) is 1.42. The Kier molecular flexibility index (Phi) is 6.93. The van der Waals surface area contributed by atoms with E-state index >= 15 is 0 Å². The number of rotatable bonds is 9. The predicted molar refractivity (Wildman–Crippen MR) is 141 cm³/mol. The van der Waals surface area contributed by atoms with Crippen molar-refractivity contribution in [2.24, 2.45) is 0 Å². The third kappa shape index (κ3) is 4.75. The van der Waals surface area contributed by atoms with Crippen molar-refractivity contribution >= 4 is 21.1 Å². The number of pyridine rings is 1. The highest BCUT2D eigenvalue weighted by molar-refractivity contribution is 7.90. The van der Waals surface area contributed by atoms with Gasteiger partial charge in [-0.25, -0.2) is 28.4 Å². The number of aromatic nitrogens is 5. The van der Waals surface area contributed by atoms with Crippen LogP contribution < -0.4 is 14.2 Å². The van der Waals surface area contributed by atoms with E-state index in [-0.39, 0.29) is 16.3 Å². The van der Waals surface area contributed by atoms with Gasteiger partial charge in [0.05, 0.1) is 43.4 Å². The van der Waals surface area contributed by atoms with Crippen molar-refractivity contribution in [3.8, 4) is 34.6 Å². The number of sulfone groups is 1. The molecule has 0 unspecified atom stereocenters. The zero-order chi connectivity index (χ0) is 26.7. The van der Waals surface area contributed by atoms with Crippen molar-refractivity contribution in [1.82, 2.24) is 24.5 Å². The van der Waals surface area contributed by atoms with Crippen LogP contribution >= 0.6 is 0 Å². The quantitative estimate of drug-likeness (QED) is 0.275. The van der Waals surface area contributed by atoms with Gasteiger partial charge in [0, 0.05) is 6.07 Å². The van der Waals surface area contributed by atoms with Gasteiger partial charge >= 0.3 is 0 Å². The summed E-state index contributed by atoms with van der Waals surface area (Å²) in [4.78, 5) is 18.7. The third-order valence-corrected chi connectivity index (χ3v) is 7.40. The van der Waals surface area contributed by atoms with Gasteiger partial charge in [0.15, 0.2) is 27.0 Å². The summed E-state index contributed by atoms with van der Waals surface area (Å²) < 4.78 is 44.8. The van der Waals surface area contributed by atoms with E-state index in [1.165, 1.54) is 6.20 Å². The SMILES string of the molecule is CCOc1cccc(-c2nc3ncc(CS(=O)(=O)c4ccccc4)nc3n2-c2c(OC)cccc2OC)n1. The van der Waals surface area contributed by atoms with E-state index in [4.69, 9.17) is 24.2 Å². The van der Waals surface area contributed by atoms with Crippen molar-refractivity contribution in [3.05, 3.63) is 78.6 Å². The summed E-state index contributed by atoms with van der Waals surface area (Å²) >= 11 is 0. The van der Waals surface area contributed by atoms with Crippen LogP contribution in [-0.2, 0) is 15.6 Å². The molecule has 3 aromatic heterocycles. The van der Waals surface area contributed by atoms with E-state index in [1.54, 1.807) is 79.5 Å². The predicted octanol–water partition coefficient (Wildman–Crippen LogP) is 4.27. The minimum Gasteiger partial charge on any atom is -0.494 e. The van der Waals surface area contributed by atoms with Crippen LogP contribution in [0.3, 0.4) is 0 Å². The summed E-state index contributed by atoms with van der Waals surface area (Å²) in [5, 5.41) is 0. The molecule has 5 aromatic rings. The molecule has 194 valence electrons. The summed E-state index contributed by atoms with van der Waals surface area (Å²) in [5.41, 5.74) is 1.92. The maximum Gasteiger partial charge on any atom is 0.213 e. The van der Waals surface area contributed by atoms with Gasteiger partial charge in [0.25, 0.3) is 0 Å². The van der Waals surface area contributed by atoms with E-state index in [9.17, 15) is 8.42 Å². The van der Waals surface area contributed by atoms with Crippen LogP contribution in [0.2, 0.25) is 0 Å². The second-order valence-corrected chi connectivity index (χ2v) is 10.1. The number of para-hydroxylation sites is 1. The van der Waals surface area contributed by atoms with Crippen LogP contribution in [0.25, 0.3) is 28.5 Å². The Labute approximate surface area is 219 Å². The maximum absolute atomic E-state index is 13.1. The Morgan fingerprint density at radius 2 is 1.55 bits per heavy atom. The molecule has 0 N–H and O–H groups in total. The fraction of sp³-hybridized carbons (Fsp3) is 0.185. The minimum absolute atomic E-state index is 0.208. The molecule has 0 fully saturated rings. The van der Waals surface area contributed by atoms with E-state index in [1.807, 2.05) is 13.0 Å². The molecule has 0 amide bonds. The second-order valence-electron chi connectivity index (χ2n) is 8.16. The summed E-state index contributed by atoms with van der Waals surface area (Å²) in [7, 11) is -0.553. The number of methoxy groups -OCH3 is 2. The van der Waals surface area contributed by atoms with E-state index < -0.39 is 9.84 Å². The average Bonchev–Trinajstić information content (AvgIpc) is 3.31. The van der Waals surface area contributed by atoms with Crippen molar-refractivity contribution in [1.29, 1.82) is 0 Å². The molecular formula is C27H25N5O5S. The summed E-state index contributed by atoms with van der Waals surface area (Å²) in [5.74, 6) is 1.50. The van der Waals surface area contributed by atoms with Crippen molar-refractivity contribution in [2.45, 2.75) is 17.6 Å². The molecule has 0 bridgehead atoms. The summed E-state index contributed by atoms with van der Waals surface area (Å²) in [6.45, 7) is 2.33. The third-order valence-electron chi connectivity index (χ3n) is 5.73. The zero-order valence-electron chi connectivity index (χ0n) is 21.0. The fourth-order valence-electron chi connectivity index (χ4n) is 4.07. The number of ether oxygens (including phenoxy) is 3. The Bertz CT molecular complexity index is 1680. The zero-order valence-corrected chi connectivity index (χ0v) is 21.8. The number of nitrogens with zero attached hydrogens (tertiary/aromatic N) is 5. The van der Waals surface area contributed by atoms with Crippen LogP contribution in [0, 0.1) is 0 Å². The molecular weight excluding hydrogens is 506 g/mol. The first-order valence-corrected chi connectivity index (χ1v) is 13.4. The lowest BCUT2D eigenvalue weighted by molar-refractivity contribution is 0.327. The largest absolute Gasteiger partial charge is 0.494 e. The molecule has 11 heteroatoms. The lowest BCUT2D eigenvalue weighted by atomic mass is 10.2. The normalized spacial score (nSPS) is 11.4. The van der Waals surface area contributed by atoms with Gasteiger partial charge in [0.2, 0.25) is 5.88 Å². The molecule has 10 nitrogen and oxygen atoms in total. The molecule has 0 atom stereocenters. The fourth-order valence-corrected chi connectivity index (χ4v) is 5.33. The van der Waals surface area contributed by atoms with Crippen LogP contribution in [0.4, 0.5) is 0 Å². The molecule has 3 heterocycles. The molecule has 0 aliphatic heterocycles. The number of hydrogen-bond acceptors (Lipinski definition) is 9. The van der Waals surface area contributed by atoms with Crippen LogP contribution in [0.15, 0.2) is 77.8 Å². The molecule has 38 heavy (non-hydrogen) atoms. The van der Waals surface area contributed by atoms with E-state index in [0.717, 1.165) is 0 Å². The lowest BCUT2D eigenvalue weighted by Crippen LogP contribution is -2.09. The maximum atomic E-state index is 13.1. The van der Waals surface area contributed by atoms with Gasteiger partial charge in [-0.1, -0.05) is 30.3 Å². The molecule has 5 rings (SSSR count). The number of hydrogen-bond donors (Lipinski definition) is 0. The monoisotopic (exact) mass is 531 g/mol. The van der Waals surface area contributed by atoms with Gasteiger partial charge < -0.3 is 14.2 Å². The van der Waals surface area contributed by atoms with E-state index in [2.05, 4.69) is 9.97 Å². The lowest BCUT2D eigenvalue weighted by Gasteiger charge is -2.16. The molecule has 2 aromatic carbocycles. The topological polar surface area (TPSA) is 118 Å². The number of fused-ring (bicyclic) bond motifs is 1. The van der Waals surface area contributed by atoms with Crippen molar-refractivity contribution in [2.75, 3.05) is 20.8 Å². The first kappa shape index (κ1) is 25.2. The Morgan fingerprint density at radius 1 is 0.842 bits per heavy atom. The standard InChI is InChI=1S/C27H25N5O5S/c1-4-37-23-15-8-12-20(30-23)26-31-25-27(32(26)24-21(35-2)13-9-14-22(24)36-3)29-18(16-28-25)17-38(33,34)19-10-6-5-7-11-19/h5-16H,4,17H2,1-3H3. The Hall–Kier alpha value is -4.51. The van der Waals surface area contributed by atoms with Gasteiger partial charge in [-0.05, 0) is 37.3 Å². The second kappa shape index (κ2) is 10.5. The average molecular weight is 532 g/mol. The van der Waals surface area contributed by atoms with Crippen molar-refractivity contribution < 1.29 is 22.6 Å². The van der Waals surface area contributed by atoms with E-state index in [0.29, 0.717) is 52.5 Å². The molecule has 0 radical (unpaired) electrons. The molecule has 0 aliphatic carbocycles. The van der Waals surface area contributed by atoms with Gasteiger partial charge in [-0.3, -0.25) is 4.57 Å². The van der Waals surface area contributed by atoms with Crippen LogP contribution in [0.1, 0.15) is 12.6 Å². The van der Waals surface area contributed by atoms with Gasteiger partial charge in [0.1, 0.15) is 22.9 Å². The molecule has 0 spiro atoms. The molecule has 0 aliphatic rings. The highest BCUT2D eigenvalue weighted by atomic mass is 32.2. The highest BCUT2D eigenvalue weighted by Crippen LogP contribution is 2.37. The number of benzene rings is 2. The van der Waals surface area contributed by atoms with Gasteiger partial charge in [-0.15, -0.1) is 0 Å². The minimum atomic E-state index is -3.65. The number of imidazole rings is 1. The smallest absolute Gasteiger partial charge is 0.213 e. The summed E-state index contributed by atoms with van der Waals surface area (Å²) in [6, 6.07) is 19.0. The van der Waals surface area contributed by atoms with Crippen molar-refractivity contribution in [3.63, 3.8) is 0 Å². The van der Waals surface area contributed by atoms with Crippen LogP contribution in [0.5, 0.6) is 17.4 Å². The highest BCUT2D eigenvalue weighted by Gasteiger charge is 2.25. The van der Waals surface area contributed by atoms with Gasteiger partial charge in [-0.2, -0.15) is 0 Å². The molecule has 0 saturated heterocycles. The first-order chi connectivity index (χ1) is 18.4. The Balaban J connectivity index is 1.75. The Morgan fingerprint density at radius 3 is 2.24 bits per heavy atom. The first-order valence-electron chi connectivity index (χ1n) is 11.8. The molecule has 0 saturated carbocycles. The van der Waals surface area contributed by atoms with Crippen LogP contribution in [-0.4, -0.2) is 53.7 Å².